The number of carbonyl (C=O) groups is 2. The first-order chi connectivity index (χ1) is 16.9. The first kappa shape index (κ1) is 23.6. The van der Waals surface area contributed by atoms with Crippen molar-refractivity contribution in [1.82, 2.24) is 9.78 Å². The number of ether oxygens (including phenoxy) is 2. The van der Waals surface area contributed by atoms with Crippen LogP contribution in [0.3, 0.4) is 0 Å². The molecular weight excluding hydrogens is 446 g/mol. The Balaban J connectivity index is 1.63. The summed E-state index contributed by atoms with van der Waals surface area (Å²) >= 11 is 0. The van der Waals surface area contributed by atoms with Crippen LogP contribution in [0.5, 0.6) is 11.5 Å². The molecule has 8 nitrogen and oxygen atoms in total. The lowest BCUT2D eigenvalue weighted by Gasteiger charge is -2.18. The van der Waals surface area contributed by atoms with Crippen LogP contribution in [0.2, 0.25) is 0 Å². The molecule has 0 aliphatic carbocycles. The predicted octanol–water partition coefficient (Wildman–Crippen LogP) is 4.38. The third-order valence-corrected chi connectivity index (χ3v) is 5.87. The van der Waals surface area contributed by atoms with E-state index in [1.54, 1.807) is 50.6 Å². The van der Waals surface area contributed by atoms with Gasteiger partial charge in [-0.05, 0) is 66.1 Å². The fourth-order valence-electron chi connectivity index (χ4n) is 3.89. The number of carboxylic acid groups (broad SMARTS) is 1. The van der Waals surface area contributed by atoms with Gasteiger partial charge in [0.1, 0.15) is 22.9 Å². The summed E-state index contributed by atoms with van der Waals surface area (Å²) in [6.45, 7) is 0. The van der Waals surface area contributed by atoms with E-state index >= 15 is 0 Å². The fraction of sp³-hybridized carbons (Fsp3) is 0.148. The molecule has 0 amide bonds. The van der Waals surface area contributed by atoms with E-state index in [-0.39, 0.29) is 17.2 Å². The van der Waals surface area contributed by atoms with Crippen LogP contribution in [0.1, 0.15) is 37.8 Å². The molecule has 4 rings (SSSR count). The lowest BCUT2D eigenvalue weighted by Crippen LogP contribution is -2.16. The van der Waals surface area contributed by atoms with E-state index in [9.17, 15) is 14.7 Å². The molecule has 0 saturated heterocycles. The van der Waals surface area contributed by atoms with Crippen LogP contribution < -0.4 is 15.2 Å². The van der Waals surface area contributed by atoms with Crippen LogP contribution in [0.25, 0.3) is 5.69 Å². The summed E-state index contributed by atoms with van der Waals surface area (Å²) in [5, 5.41) is 13.3. The number of aromatic carboxylic acids is 1. The number of anilines is 1. The Hall–Kier alpha value is -4.59. The molecule has 1 heterocycles. The predicted molar refractivity (Wildman–Crippen MR) is 132 cm³/mol. The summed E-state index contributed by atoms with van der Waals surface area (Å²) in [6.07, 6.45) is 1.69. The van der Waals surface area contributed by atoms with Crippen molar-refractivity contribution in [2.24, 2.45) is 0 Å². The number of rotatable bonds is 9. The zero-order valence-electron chi connectivity index (χ0n) is 19.3. The lowest BCUT2D eigenvalue weighted by molar-refractivity contribution is 0.0697. The van der Waals surface area contributed by atoms with Crippen molar-refractivity contribution in [3.63, 3.8) is 0 Å². The minimum Gasteiger partial charge on any atom is -0.497 e. The molecule has 3 N–H and O–H groups in total. The maximum atomic E-state index is 13.5. The standard InChI is InChI=1S/C27H25N3O5/c1-34-21-11-5-18(6-12-21)23(25(31)19-7-13-22(35-2)14-8-19)15-17-3-9-20(10-4-17)30-26(28)24(16-29-30)27(32)33/h3-14,16,23H,15,28H2,1-2H3,(H,32,33). The number of methoxy groups -OCH3 is 2. The molecule has 4 aromatic rings. The third-order valence-electron chi connectivity index (χ3n) is 5.87. The Labute approximate surface area is 202 Å². The molecule has 1 aromatic heterocycles. The van der Waals surface area contributed by atoms with Gasteiger partial charge >= 0.3 is 5.97 Å². The highest BCUT2D eigenvalue weighted by molar-refractivity contribution is 6.01. The van der Waals surface area contributed by atoms with Crippen molar-refractivity contribution < 1.29 is 24.2 Å². The summed E-state index contributed by atoms with van der Waals surface area (Å²) in [4.78, 5) is 24.8. The minimum absolute atomic E-state index is 0.00989. The number of aromatic nitrogens is 2. The van der Waals surface area contributed by atoms with Gasteiger partial charge in [0.05, 0.1) is 32.0 Å². The summed E-state index contributed by atoms with van der Waals surface area (Å²) in [5.41, 5.74) is 8.90. The van der Waals surface area contributed by atoms with Crippen LogP contribution in [0.4, 0.5) is 5.82 Å². The largest absolute Gasteiger partial charge is 0.497 e. The highest BCUT2D eigenvalue weighted by Gasteiger charge is 2.23. The molecule has 3 aromatic carbocycles. The number of nitrogens with zero attached hydrogens (tertiary/aromatic N) is 2. The Morgan fingerprint density at radius 1 is 0.914 bits per heavy atom. The maximum Gasteiger partial charge on any atom is 0.341 e. The number of carboxylic acids is 1. The van der Waals surface area contributed by atoms with E-state index in [4.69, 9.17) is 15.2 Å². The van der Waals surface area contributed by atoms with Gasteiger partial charge in [-0.2, -0.15) is 5.10 Å². The number of hydrogen-bond donors (Lipinski definition) is 2. The molecule has 0 saturated carbocycles. The molecule has 1 atom stereocenters. The van der Waals surface area contributed by atoms with Gasteiger partial charge in [-0.1, -0.05) is 24.3 Å². The summed E-state index contributed by atoms with van der Waals surface area (Å²) in [6, 6.07) is 21.9. The second kappa shape index (κ2) is 10.1. The number of Topliss-reactive ketones (excluding diaryl/α,β-unsaturated/α-hetero) is 1. The quantitative estimate of drug-likeness (QED) is 0.348. The van der Waals surface area contributed by atoms with Crippen LogP contribution >= 0.6 is 0 Å². The molecule has 178 valence electrons. The normalized spacial score (nSPS) is 11.6. The topological polar surface area (TPSA) is 117 Å². The van der Waals surface area contributed by atoms with Gasteiger partial charge < -0.3 is 20.3 Å². The number of benzene rings is 3. The van der Waals surface area contributed by atoms with Gasteiger partial charge in [-0.15, -0.1) is 0 Å². The zero-order valence-corrected chi connectivity index (χ0v) is 19.3. The molecule has 0 aliphatic heterocycles. The number of carbonyl (C=O) groups excluding carboxylic acids is 1. The molecule has 1 unspecified atom stereocenters. The molecule has 0 spiro atoms. The minimum atomic E-state index is -1.13. The molecule has 0 aliphatic rings. The summed E-state index contributed by atoms with van der Waals surface area (Å²) in [7, 11) is 3.18. The number of hydrogen-bond acceptors (Lipinski definition) is 6. The maximum absolute atomic E-state index is 13.5. The van der Waals surface area contributed by atoms with Crippen molar-refractivity contribution in [3.05, 3.63) is 101 Å². The van der Waals surface area contributed by atoms with E-state index in [0.29, 0.717) is 29.2 Å². The molecule has 0 bridgehead atoms. The van der Waals surface area contributed by atoms with Crippen molar-refractivity contribution in [2.45, 2.75) is 12.3 Å². The van der Waals surface area contributed by atoms with Gasteiger partial charge in [-0.3, -0.25) is 4.79 Å². The molecule has 0 radical (unpaired) electrons. The average Bonchev–Trinajstić information content (AvgIpc) is 3.29. The third kappa shape index (κ3) is 5.01. The summed E-state index contributed by atoms with van der Waals surface area (Å²) in [5.74, 6) is -0.118. The van der Waals surface area contributed by atoms with Gasteiger partial charge in [-0.25, -0.2) is 9.48 Å². The molecule has 35 heavy (non-hydrogen) atoms. The van der Waals surface area contributed by atoms with Crippen molar-refractivity contribution >= 4 is 17.6 Å². The number of ketones is 1. The Kier molecular flexibility index (Phi) is 6.82. The van der Waals surface area contributed by atoms with E-state index in [1.807, 2.05) is 36.4 Å². The number of nitrogens with two attached hydrogens (primary N) is 1. The first-order valence-electron chi connectivity index (χ1n) is 10.9. The second-order valence-electron chi connectivity index (χ2n) is 7.95. The fourth-order valence-corrected chi connectivity index (χ4v) is 3.89. The van der Waals surface area contributed by atoms with E-state index in [2.05, 4.69) is 5.10 Å². The van der Waals surface area contributed by atoms with Crippen molar-refractivity contribution in [3.8, 4) is 17.2 Å². The Morgan fingerprint density at radius 3 is 2.00 bits per heavy atom. The highest BCUT2D eigenvalue weighted by Crippen LogP contribution is 2.28. The van der Waals surface area contributed by atoms with Gasteiger partial charge in [0, 0.05) is 5.56 Å². The molecule has 8 heteroatoms. The monoisotopic (exact) mass is 471 g/mol. The Bertz CT molecular complexity index is 1330. The molecule has 0 fully saturated rings. The lowest BCUT2D eigenvalue weighted by atomic mass is 9.85. The smallest absolute Gasteiger partial charge is 0.341 e. The van der Waals surface area contributed by atoms with E-state index in [0.717, 1.165) is 11.1 Å². The number of nitrogen functional groups attached to an aromatic ring is 1. The first-order valence-corrected chi connectivity index (χ1v) is 10.9. The highest BCUT2D eigenvalue weighted by atomic mass is 16.5. The Morgan fingerprint density at radius 2 is 1.49 bits per heavy atom. The zero-order chi connectivity index (χ0) is 24.9. The van der Waals surface area contributed by atoms with Crippen LogP contribution in [-0.4, -0.2) is 40.9 Å². The van der Waals surface area contributed by atoms with Crippen molar-refractivity contribution in [1.29, 1.82) is 0 Å². The van der Waals surface area contributed by atoms with Crippen LogP contribution in [-0.2, 0) is 6.42 Å². The SMILES string of the molecule is COc1ccc(C(=O)C(Cc2ccc(-n3ncc(C(=O)O)c3N)cc2)c2ccc(OC)cc2)cc1. The van der Waals surface area contributed by atoms with Gasteiger partial charge in [0.25, 0.3) is 0 Å². The average molecular weight is 472 g/mol. The van der Waals surface area contributed by atoms with Gasteiger partial charge in [0.15, 0.2) is 5.78 Å². The van der Waals surface area contributed by atoms with E-state index in [1.165, 1.54) is 10.9 Å². The molecular formula is C27H25N3O5. The van der Waals surface area contributed by atoms with E-state index < -0.39 is 11.9 Å². The second-order valence-corrected chi connectivity index (χ2v) is 7.95. The van der Waals surface area contributed by atoms with Gasteiger partial charge in [0.2, 0.25) is 0 Å². The summed E-state index contributed by atoms with van der Waals surface area (Å²) < 4.78 is 11.8. The van der Waals surface area contributed by atoms with Crippen LogP contribution in [0, 0.1) is 0 Å². The van der Waals surface area contributed by atoms with Crippen LogP contribution in [0.15, 0.2) is 79.0 Å². The van der Waals surface area contributed by atoms with Crippen molar-refractivity contribution in [2.75, 3.05) is 20.0 Å².